The van der Waals surface area contributed by atoms with Gasteiger partial charge >= 0.3 is 0 Å². The minimum Gasteiger partial charge on any atom is -0.303 e. The topological polar surface area (TPSA) is 44.2 Å². The number of hydrogen-bond acceptors (Lipinski definition) is 2. The van der Waals surface area contributed by atoms with Gasteiger partial charge in [0.1, 0.15) is 0 Å². The van der Waals surface area contributed by atoms with Crippen LogP contribution in [0.1, 0.15) is 0 Å². The monoisotopic (exact) mass is 112 g/mol. The number of nitrogens with zero attached hydrogens (tertiary/aromatic N) is 1. The van der Waals surface area contributed by atoms with Crippen molar-refractivity contribution >= 4 is 12.2 Å². The fourth-order valence-electron chi connectivity index (χ4n) is 0.208. The van der Waals surface area contributed by atoms with Gasteiger partial charge in [0.05, 0.1) is 6.34 Å². The van der Waals surface area contributed by atoms with Gasteiger partial charge < -0.3 is 4.90 Å². The second-order valence-electron chi connectivity index (χ2n) is 1.28. The number of carbonyl (C=O) groups excluding carboxylic acids is 1. The molecule has 0 bridgehead atoms. The van der Waals surface area contributed by atoms with Gasteiger partial charge in [0.25, 0.3) is 5.91 Å². The summed E-state index contributed by atoms with van der Waals surface area (Å²) in [5, 5.41) is 6.57. The number of rotatable bonds is 2. The van der Waals surface area contributed by atoms with E-state index in [-0.39, 0.29) is 5.91 Å². The molecule has 1 N–H and O–H groups in total. The highest BCUT2D eigenvalue weighted by molar-refractivity contribution is 5.94. The molecule has 0 aromatic heterocycles. The first kappa shape index (κ1) is 6.88. The lowest BCUT2D eigenvalue weighted by atomic mass is 10.5. The predicted molar refractivity (Wildman–Crippen MR) is 31.8 cm³/mol. The lowest BCUT2D eigenvalue weighted by Gasteiger charge is -2.03. The van der Waals surface area contributed by atoms with Gasteiger partial charge in [-0.3, -0.25) is 10.2 Å². The largest absolute Gasteiger partial charge is 0.303 e. The van der Waals surface area contributed by atoms with Crippen molar-refractivity contribution in [1.29, 1.82) is 5.41 Å². The van der Waals surface area contributed by atoms with E-state index in [0.29, 0.717) is 0 Å². The third kappa shape index (κ3) is 1.55. The van der Waals surface area contributed by atoms with Crippen LogP contribution in [0.25, 0.3) is 0 Å². The van der Waals surface area contributed by atoms with E-state index in [1.165, 1.54) is 7.05 Å². The number of hydrogen-bond donors (Lipinski definition) is 1. The highest BCUT2D eigenvalue weighted by Gasteiger charge is 1.95. The van der Waals surface area contributed by atoms with Crippen molar-refractivity contribution in [2.45, 2.75) is 0 Å². The van der Waals surface area contributed by atoms with Crippen LogP contribution in [0.2, 0.25) is 0 Å². The van der Waals surface area contributed by atoms with Crippen LogP contribution in [0.4, 0.5) is 0 Å². The summed E-state index contributed by atoms with van der Waals surface area (Å²) in [6.07, 6.45) is 2.09. The molecule has 0 unspecified atom stereocenters. The molecule has 44 valence electrons. The smallest absolute Gasteiger partial charge is 0.250 e. The molecule has 0 heterocycles. The summed E-state index contributed by atoms with van der Waals surface area (Å²) in [6.45, 7) is 3.24. The van der Waals surface area contributed by atoms with E-state index in [1.54, 1.807) is 0 Å². The molecule has 3 heteroatoms. The van der Waals surface area contributed by atoms with Crippen LogP contribution < -0.4 is 0 Å². The summed E-state index contributed by atoms with van der Waals surface area (Å²) in [5.41, 5.74) is 0. The van der Waals surface area contributed by atoms with Gasteiger partial charge in [0.2, 0.25) is 0 Å². The highest BCUT2D eigenvalue weighted by atomic mass is 16.2. The van der Waals surface area contributed by atoms with E-state index in [9.17, 15) is 4.79 Å². The molecule has 3 nitrogen and oxygen atoms in total. The maximum Gasteiger partial charge on any atom is 0.250 e. The van der Waals surface area contributed by atoms with E-state index in [4.69, 9.17) is 5.41 Å². The van der Waals surface area contributed by atoms with Crippen molar-refractivity contribution in [3.05, 3.63) is 12.7 Å². The molecule has 0 aromatic rings. The molecule has 0 aromatic carbocycles. The molecule has 1 amide bonds. The molecule has 0 spiro atoms. The van der Waals surface area contributed by atoms with Gasteiger partial charge in [-0.1, -0.05) is 6.58 Å². The molecule has 0 rings (SSSR count). The van der Waals surface area contributed by atoms with Crippen LogP contribution in [0, 0.1) is 5.41 Å². The Bertz CT molecular complexity index is 120. The summed E-state index contributed by atoms with van der Waals surface area (Å²) in [7, 11) is 1.50. The van der Waals surface area contributed by atoms with Crippen LogP contribution >= 0.6 is 0 Å². The van der Waals surface area contributed by atoms with Gasteiger partial charge in [0.15, 0.2) is 0 Å². The molecule has 8 heavy (non-hydrogen) atoms. The van der Waals surface area contributed by atoms with Gasteiger partial charge in [-0.2, -0.15) is 0 Å². The zero-order valence-corrected chi connectivity index (χ0v) is 4.72. The highest BCUT2D eigenvalue weighted by Crippen LogP contribution is 1.76. The van der Waals surface area contributed by atoms with Crippen molar-refractivity contribution in [1.82, 2.24) is 4.90 Å². The molecular formula is C5H8N2O. The fourth-order valence-corrected chi connectivity index (χ4v) is 0.208. The lowest BCUT2D eigenvalue weighted by Crippen LogP contribution is -2.21. The van der Waals surface area contributed by atoms with E-state index < -0.39 is 0 Å². The molecule has 0 aliphatic rings. The Hall–Kier alpha value is -1.12. The molecular weight excluding hydrogens is 104 g/mol. The van der Waals surface area contributed by atoms with Crippen molar-refractivity contribution in [2.24, 2.45) is 0 Å². The fraction of sp³-hybridized carbons (Fsp3) is 0.200. The van der Waals surface area contributed by atoms with E-state index >= 15 is 0 Å². The van der Waals surface area contributed by atoms with E-state index in [2.05, 4.69) is 6.58 Å². The third-order valence-corrected chi connectivity index (χ3v) is 0.716. The van der Waals surface area contributed by atoms with Gasteiger partial charge in [-0.15, -0.1) is 0 Å². The minimum absolute atomic E-state index is 0.264. The SMILES string of the molecule is C=CC(=O)N(C)C=N. The van der Waals surface area contributed by atoms with Gasteiger partial charge in [-0.05, 0) is 6.08 Å². The Labute approximate surface area is 48.1 Å². The first-order valence-electron chi connectivity index (χ1n) is 2.12. The number of nitrogens with one attached hydrogen (secondary N) is 1. The van der Waals surface area contributed by atoms with Crippen molar-refractivity contribution in [3.63, 3.8) is 0 Å². The quantitative estimate of drug-likeness (QED) is 0.310. The lowest BCUT2D eigenvalue weighted by molar-refractivity contribution is -0.121. The molecule has 0 fully saturated rings. The zero-order chi connectivity index (χ0) is 6.57. The van der Waals surface area contributed by atoms with Crippen LogP contribution in [0.5, 0.6) is 0 Å². The van der Waals surface area contributed by atoms with Crippen molar-refractivity contribution in [2.75, 3.05) is 7.05 Å². The Morgan fingerprint density at radius 1 is 1.88 bits per heavy atom. The normalized spacial score (nSPS) is 7.62. The summed E-state index contributed by atoms with van der Waals surface area (Å²) in [6, 6.07) is 0. The predicted octanol–water partition coefficient (Wildman–Crippen LogP) is 0.238. The summed E-state index contributed by atoms with van der Waals surface area (Å²) < 4.78 is 0. The Balaban J connectivity index is 3.80. The van der Waals surface area contributed by atoms with Crippen LogP contribution in [-0.2, 0) is 4.79 Å². The maximum absolute atomic E-state index is 10.4. The number of amides is 1. The minimum atomic E-state index is -0.264. The average molecular weight is 112 g/mol. The second-order valence-corrected chi connectivity index (χ2v) is 1.28. The van der Waals surface area contributed by atoms with Crippen LogP contribution in [0.3, 0.4) is 0 Å². The van der Waals surface area contributed by atoms with E-state index in [1.807, 2.05) is 0 Å². The molecule has 0 atom stereocenters. The van der Waals surface area contributed by atoms with Gasteiger partial charge in [-0.25, -0.2) is 0 Å². The first-order chi connectivity index (χ1) is 3.72. The average Bonchev–Trinajstić information content (AvgIpc) is 1.84. The molecule has 0 radical (unpaired) electrons. The zero-order valence-electron chi connectivity index (χ0n) is 4.72. The van der Waals surface area contributed by atoms with Crippen molar-refractivity contribution < 1.29 is 4.79 Å². The Kier molecular flexibility index (Phi) is 2.54. The summed E-state index contributed by atoms with van der Waals surface area (Å²) in [4.78, 5) is 11.5. The maximum atomic E-state index is 10.4. The van der Waals surface area contributed by atoms with E-state index in [0.717, 1.165) is 17.3 Å². The van der Waals surface area contributed by atoms with Crippen LogP contribution in [0.15, 0.2) is 12.7 Å². The molecule has 0 aliphatic carbocycles. The first-order valence-corrected chi connectivity index (χ1v) is 2.12. The third-order valence-electron chi connectivity index (χ3n) is 0.716. The second kappa shape index (κ2) is 2.96. The molecule has 0 aliphatic heterocycles. The summed E-state index contributed by atoms with van der Waals surface area (Å²) >= 11 is 0. The molecule has 0 saturated carbocycles. The number of likely N-dealkylation sites (N-methyl/N-ethyl adjacent to an activating group) is 1. The standard InChI is InChI=1S/C5H8N2O/c1-3-5(8)7(2)4-6/h3-4,6H,1H2,2H3. The Morgan fingerprint density at radius 3 is 2.50 bits per heavy atom. The van der Waals surface area contributed by atoms with Gasteiger partial charge in [0, 0.05) is 7.05 Å². The Morgan fingerprint density at radius 2 is 2.38 bits per heavy atom. The molecule has 0 saturated heterocycles. The van der Waals surface area contributed by atoms with Crippen LogP contribution in [-0.4, -0.2) is 24.2 Å². The number of carbonyl (C=O) groups is 1. The summed E-state index contributed by atoms with van der Waals surface area (Å²) in [5.74, 6) is -0.264. The van der Waals surface area contributed by atoms with Crippen molar-refractivity contribution in [3.8, 4) is 0 Å².